The Labute approximate surface area is 204 Å². The molecule has 0 amide bonds. The molecule has 0 saturated heterocycles. The molecule has 0 radical (unpaired) electrons. The fourth-order valence-corrected chi connectivity index (χ4v) is 4.64. The van der Waals surface area contributed by atoms with Crippen LogP contribution in [0.5, 0.6) is 0 Å². The molecule has 194 valence electrons. The van der Waals surface area contributed by atoms with E-state index in [2.05, 4.69) is 24.7 Å². The molecule has 0 aromatic heterocycles. The van der Waals surface area contributed by atoms with Gasteiger partial charge in [0.05, 0.1) is 0 Å². The molecule has 0 bridgehead atoms. The van der Waals surface area contributed by atoms with E-state index in [1.54, 1.807) is 0 Å². The van der Waals surface area contributed by atoms with E-state index in [9.17, 15) is 0 Å². The van der Waals surface area contributed by atoms with E-state index in [4.69, 9.17) is 0 Å². The fraction of sp³-hybridized carbons (Fsp3) is 1.00. The smallest absolute Gasteiger partial charge is 0.00997 e. The Morgan fingerprint density at radius 1 is 0.250 bits per heavy atom. The topological polar surface area (TPSA) is 24.1 Å². The lowest BCUT2D eigenvalue weighted by Crippen LogP contribution is -2.33. The van der Waals surface area contributed by atoms with Crippen LogP contribution in [0.3, 0.4) is 0 Å². The molecule has 0 aliphatic carbocycles. The third-order valence-electron chi connectivity index (χ3n) is 6.94. The van der Waals surface area contributed by atoms with Gasteiger partial charge in [0.25, 0.3) is 0 Å². The first-order valence-electron chi connectivity index (χ1n) is 15.4. The van der Waals surface area contributed by atoms with E-state index in [0.717, 1.165) is 13.1 Å². The van der Waals surface area contributed by atoms with Crippen molar-refractivity contribution in [3.8, 4) is 0 Å². The molecule has 0 atom stereocenters. The summed E-state index contributed by atoms with van der Waals surface area (Å²) in [6.07, 6.45) is 37.3. The average Bonchev–Trinajstić information content (AvgIpc) is 2.81. The molecule has 2 N–H and O–H groups in total. The number of hydrogen-bond donors (Lipinski definition) is 2. The summed E-state index contributed by atoms with van der Waals surface area (Å²) in [6.45, 7) is 6.87. The van der Waals surface area contributed by atoms with Gasteiger partial charge in [0.2, 0.25) is 0 Å². The lowest BCUT2D eigenvalue weighted by molar-refractivity contribution is 0.476. The van der Waals surface area contributed by atoms with Gasteiger partial charge in [0.1, 0.15) is 0 Å². The lowest BCUT2D eigenvalue weighted by Gasteiger charge is -2.07. The fourth-order valence-electron chi connectivity index (χ4n) is 4.64. The van der Waals surface area contributed by atoms with Crippen LogP contribution in [0.2, 0.25) is 0 Å². The number of unbranched alkanes of at least 4 members (excludes halogenated alkanes) is 24. The molecule has 0 aromatic carbocycles. The maximum absolute atomic E-state index is 3.42. The minimum atomic E-state index is 1.13. The number of hydrazine groups is 1. The van der Waals surface area contributed by atoms with Gasteiger partial charge in [-0.1, -0.05) is 168 Å². The van der Waals surface area contributed by atoms with Crippen LogP contribution in [-0.4, -0.2) is 13.1 Å². The normalized spacial score (nSPS) is 11.4. The van der Waals surface area contributed by atoms with Crippen LogP contribution in [-0.2, 0) is 0 Å². The van der Waals surface area contributed by atoms with Crippen LogP contribution in [0.15, 0.2) is 0 Å². The Morgan fingerprint density at radius 3 is 0.656 bits per heavy atom. The molecule has 0 unspecified atom stereocenters. The molecule has 0 aromatic rings. The van der Waals surface area contributed by atoms with Gasteiger partial charge in [-0.15, -0.1) is 0 Å². The molecule has 2 nitrogen and oxygen atoms in total. The van der Waals surface area contributed by atoms with Crippen LogP contribution in [0.4, 0.5) is 0 Å². The summed E-state index contributed by atoms with van der Waals surface area (Å²) >= 11 is 0. The van der Waals surface area contributed by atoms with Crippen molar-refractivity contribution in [2.45, 2.75) is 181 Å². The van der Waals surface area contributed by atoms with Crippen molar-refractivity contribution in [3.05, 3.63) is 0 Å². The zero-order valence-corrected chi connectivity index (χ0v) is 22.8. The zero-order chi connectivity index (χ0) is 23.2. The predicted molar refractivity (Wildman–Crippen MR) is 147 cm³/mol. The lowest BCUT2D eigenvalue weighted by atomic mass is 10.0. The van der Waals surface area contributed by atoms with Crippen LogP contribution < -0.4 is 10.9 Å². The zero-order valence-electron chi connectivity index (χ0n) is 22.8. The minimum Gasteiger partial charge on any atom is -0.258 e. The monoisotopic (exact) mass is 453 g/mol. The number of hydrogen-bond acceptors (Lipinski definition) is 2. The van der Waals surface area contributed by atoms with Gasteiger partial charge in [-0.05, 0) is 12.8 Å². The van der Waals surface area contributed by atoms with Gasteiger partial charge in [0.15, 0.2) is 0 Å². The average molecular weight is 453 g/mol. The first-order chi connectivity index (χ1) is 15.9. The summed E-state index contributed by atoms with van der Waals surface area (Å²) in [5.74, 6) is 0. The van der Waals surface area contributed by atoms with Crippen LogP contribution in [0, 0.1) is 0 Å². The Bertz CT molecular complexity index is 275. The highest BCUT2D eigenvalue weighted by molar-refractivity contribution is 4.52. The van der Waals surface area contributed by atoms with Crippen molar-refractivity contribution in [1.29, 1.82) is 0 Å². The quantitative estimate of drug-likeness (QED) is 0.0870. The van der Waals surface area contributed by atoms with Gasteiger partial charge < -0.3 is 0 Å². The molecule has 0 spiro atoms. The maximum atomic E-state index is 3.42. The second-order valence-corrected chi connectivity index (χ2v) is 10.3. The Balaban J connectivity index is 2.98. The number of nitrogens with one attached hydrogen (secondary N) is 2. The van der Waals surface area contributed by atoms with Crippen molar-refractivity contribution >= 4 is 0 Å². The summed E-state index contributed by atoms with van der Waals surface area (Å²) in [5, 5.41) is 0. The Hall–Kier alpha value is -0.0800. The standard InChI is InChI=1S/C30H64N2/c1-3-5-7-9-11-13-15-17-18-20-22-24-26-28-30-32-31-29-27-25-23-21-19-16-14-12-10-8-6-4-2/h31-32H,3-30H2,1-2H3. The predicted octanol–water partition coefficient (Wildman–Crippen LogP) is 10.3. The van der Waals surface area contributed by atoms with Gasteiger partial charge in [-0.2, -0.15) is 0 Å². The van der Waals surface area contributed by atoms with Crippen molar-refractivity contribution in [3.63, 3.8) is 0 Å². The van der Waals surface area contributed by atoms with Gasteiger partial charge in [-0.3, -0.25) is 10.9 Å². The summed E-state index contributed by atoms with van der Waals surface area (Å²) in [4.78, 5) is 0. The van der Waals surface area contributed by atoms with E-state index in [1.807, 2.05) is 0 Å². The van der Waals surface area contributed by atoms with E-state index >= 15 is 0 Å². The highest BCUT2D eigenvalue weighted by atomic mass is 15.3. The van der Waals surface area contributed by atoms with E-state index in [1.165, 1.54) is 167 Å². The van der Waals surface area contributed by atoms with E-state index in [-0.39, 0.29) is 0 Å². The van der Waals surface area contributed by atoms with E-state index in [0.29, 0.717) is 0 Å². The molecular formula is C30H64N2. The van der Waals surface area contributed by atoms with Crippen molar-refractivity contribution in [2.75, 3.05) is 13.1 Å². The summed E-state index contributed by atoms with van der Waals surface area (Å²) in [7, 11) is 0. The first-order valence-corrected chi connectivity index (χ1v) is 15.4. The first kappa shape index (κ1) is 31.9. The molecule has 2 heteroatoms. The molecule has 0 rings (SSSR count). The third-order valence-corrected chi connectivity index (χ3v) is 6.94. The Kier molecular flexibility index (Phi) is 30.8. The second-order valence-electron chi connectivity index (χ2n) is 10.3. The molecule has 0 aliphatic rings. The minimum absolute atomic E-state index is 1.13. The third kappa shape index (κ3) is 29.9. The van der Waals surface area contributed by atoms with Crippen molar-refractivity contribution in [2.24, 2.45) is 0 Å². The van der Waals surface area contributed by atoms with Crippen LogP contribution >= 0.6 is 0 Å². The highest BCUT2D eigenvalue weighted by Crippen LogP contribution is 2.13. The highest BCUT2D eigenvalue weighted by Gasteiger charge is 1.95. The largest absolute Gasteiger partial charge is 0.258 e. The SMILES string of the molecule is CCCCCCCCCCCCCCCCNNCCCCCCCCCCCCCC. The molecule has 32 heavy (non-hydrogen) atoms. The summed E-state index contributed by atoms with van der Waals surface area (Å²) in [5.41, 5.74) is 6.84. The summed E-state index contributed by atoms with van der Waals surface area (Å²) in [6, 6.07) is 0. The molecule has 0 fully saturated rings. The van der Waals surface area contributed by atoms with Crippen molar-refractivity contribution < 1.29 is 0 Å². The molecule has 0 heterocycles. The van der Waals surface area contributed by atoms with E-state index < -0.39 is 0 Å². The Morgan fingerprint density at radius 2 is 0.438 bits per heavy atom. The molecular weight excluding hydrogens is 388 g/mol. The second kappa shape index (κ2) is 30.9. The van der Waals surface area contributed by atoms with Gasteiger partial charge in [0, 0.05) is 13.1 Å². The van der Waals surface area contributed by atoms with Gasteiger partial charge in [-0.25, -0.2) is 0 Å². The van der Waals surface area contributed by atoms with Crippen molar-refractivity contribution in [1.82, 2.24) is 10.9 Å². The molecule has 0 aliphatic heterocycles. The molecule has 0 saturated carbocycles. The maximum Gasteiger partial charge on any atom is 0.00997 e. The van der Waals surface area contributed by atoms with Crippen LogP contribution in [0.1, 0.15) is 181 Å². The summed E-state index contributed by atoms with van der Waals surface area (Å²) < 4.78 is 0. The van der Waals surface area contributed by atoms with Gasteiger partial charge >= 0.3 is 0 Å². The number of rotatable bonds is 29. The van der Waals surface area contributed by atoms with Crippen LogP contribution in [0.25, 0.3) is 0 Å².